The monoisotopic (exact) mass is 501 g/mol. The van der Waals surface area contributed by atoms with Crippen LogP contribution in [0.3, 0.4) is 0 Å². The van der Waals surface area contributed by atoms with Crippen LogP contribution in [0.2, 0.25) is 0 Å². The summed E-state index contributed by atoms with van der Waals surface area (Å²) < 4.78 is 11.7. The zero-order valence-electron chi connectivity index (χ0n) is 20.5. The average Bonchev–Trinajstić information content (AvgIpc) is 2.92. The molecule has 0 aliphatic carbocycles. The van der Waals surface area contributed by atoms with Gasteiger partial charge in [-0.15, -0.1) is 12.4 Å². The summed E-state index contributed by atoms with van der Waals surface area (Å²) >= 11 is 0. The van der Waals surface area contributed by atoms with Gasteiger partial charge in [-0.1, -0.05) is 72.8 Å². The van der Waals surface area contributed by atoms with Gasteiger partial charge in [-0.05, 0) is 71.1 Å². The summed E-state index contributed by atoms with van der Waals surface area (Å²) in [6.45, 7) is 4.59. The number of esters is 1. The number of benzene rings is 4. The second-order valence-corrected chi connectivity index (χ2v) is 9.06. The van der Waals surface area contributed by atoms with Crippen molar-refractivity contribution in [2.24, 2.45) is 0 Å². The molecule has 4 aromatic rings. The molecule has 5 rings (SSSR count). The fraction of sp³-hybridized carbons (Fsp3) is 0.258. The minimum atomic E-state index is -0.286. The van der Waals surface area contributed by atoms with E-state index in [1.165, 1.54) is 21.9 Å². The van der Waals surface area contributed by atoms with Crippen molar-refractivity contribution in [1.82, 2.24) is 5.32 Å². The molecule has 2 unspecified atom stereocenters. The van der Waals surface area contributed by atoms with Crippen molar-refractivity contribution >= 4 is 29.1 Å². The van der Waals surface area contributed by atoms with Crippen molar-refractivity contribution < 1.29 is 14.3 Å². The van der Waals surface area contributed by atoms with Gasteiger partial charge in [0.25, 0.3) is 0 Å². The van der Waals surface area contributed by atoms with Crippen LogP contribution in [0.5, 0.6) is 0 Å². The quantitative estimate of drug-likeness (QED) is 0.284. The molecule has 0 amide bonds. The summed E-state index contributed by atoms with van der Waals surface area (Å²) in [5.74, 6) is 0.0240. The van der Waals surface area contributed by atoms with E-state index in [1.807, 2.05) is 25.1 Å². The van der Waals surface area contributed by atoms with Crippen molar-refractivity contribution in [2.45, 2.75) is 32.0 Å². The molecule has 36 heavy (non-hydrogen) atoms. The normalized spacial score (nSPS) is 17.4. The lowest BCUT2D eigenvalue weighted by molar-refractivity contribution is 0.0107. The molecule has 1 N–H and O–H groups in total. The lowest BCUT2D eigenvalue weighted by Crippen LogP contribution is -2.41. The molecule has 4 aromatic carbocycles. The highest BCUT2D eigenvalue weighted by atomic mass is 35.5. The number of hydrogen-bond acceptors (Lipinski definition) is 4. The number of piperidine rings is 1. The van der Waals surface area contributed by atoms with E-state index >= 15 is 0 Å². The summed E-state index contributed by atoms with van der Waals surface area (Å²) in [7, 11) is 0. The van der Waals surface area contributed by atoms with E-state index in [0.717, 1.165) is 30.6 Å². The smallest absolute Gasteiger partial charge is 0.338 e. The zero-order chi connectivity index (χ0) is 24.0. The molecule has 0 bridgehead atoms. The predicted octanol–water partition coefficient (Wildman–Crippen LogP) is 6.77. The number of carbonyl (C=O) groups is 1. The fourth-order valence-corrected chi connectivity index (χ4v) is 4.91. The molecule has 0 spiro atoms. The second kappa shape index (κ2) is 12.2. The van der Waals surface area contributed by atoms with Gasteiger partial charge in [-0.25, -0.2) is 4.79 Å². The molecule has 0 saturated carbocycles. The Bertz CT molecular complexity index is 1320. The van der Waals surface area contributed by atoms with Crippen LogP contribution in [0, 0.1) is 0 Å². The van der Waals surface area contributed by atoms with Crippen molar-refractivity contribution in [2.75, 3.05) is 19.7 Å². The Balaban J connectivity index is 0.00000304. The van der Waals surface area contributed by atoms with E-state index < -0.39 is 0 Å². The number of carbonyl (C=O) groups excluding carboxylic acids is 1. The van der Waals surface area contributed by atoms with Gasteiger partial charge in [0.05, 0.1) is 24.9 Å². The SMILES string of the molecule is CCOC(=O)c1cccc(-c2cccc(C3CCNCC3OCc3ccc4ccccc4c3)c2)c1.Cl. The molecular weight excluding hydrogens is 470 g/mol. The molecule has 1 aliphatic rings. The first-order valence-electron chi connectivity index (χ1n) is 12.4. The number of ether oxygens (including phenoxy) is 2. The van der Waals surface area contributed by atoms with E-state index in [2.05, 4.69) is 72.0 Å². The van der Waals surface area contributed by atoms with Gasteiger partial charge in [0.15, 0.2) is 0 Å². The number of halogens is 1. The summed E-state index contributed by atoms with van der Waals surface area (Å²) in [4.78, 5) is 12.2. The highest BCUT2D eigenvalue weighted by Gasteiger charge is 2.27. The molecule has 1 fully saturated rings. The van der Waals surface area contributed by atoms with Gasteiger partial charge in [-0.2, -0.15) is 0 Å². The first-order chi connectivity index (χ1) is 17.2. The van der Waals surface area contributed by atoms with Crippen molar-refractivity contribution in [3.8, 4) is 11.1 Å². The van der Waals surface area contributed by atoms with Crippen LogP contribution in [-0.2, 0) is 16.1 Å². The Morgan fingerprint density at radius 2 is 1.67 bits per heavy atom. The van der Waals surface area contributed by atoms with Crippen LogP contribution in [0.4, 0.5) is 0 Å². The fourth-order valence-electron chi connectivity index (χ4n) is 4.91. The van der Waals surface area contributed by atoms with E-state index in [-0.39, 0.29) is 24.5 Å². The highest BCUT2D eigenvalue weighted by molar-refractivity contribution is 5.91. The van der Waals surface area contributed by atoms with E-state index in [4.69, 9.17) is 9.47 Å². The minimum Gasteiger partial charge on any atom is -0.462 e. The third-order valence-corrected chi connectivity index (χ3v) is 6.73. The summed E-state index contributed by atoms with van der Waals surface area (Å²) in [6.07, 6.45) is 1.12. The van der Waals surface area contributed by atoms with Crippen LogP contribution in [0.15, 0.2) is 91.0 Å². The van der Waals surface area contributed by atoms with Crippen molar-refractivity contribution in [3.63, 3.8) is 0 Å². The highest BCUT2D eigenvalue weighted by Crippen LogP contribution is 2.32. The first-order valence-corrected chi connectivity index (χ1v) is 12.4. The number of fused-ring (bicyclic) bond motifs is 1. The Morgan fingerprint density at radius 3 is 2.50 bits per heavy atom. The van der Waals surface area contributed by atoms with Crippen LogP contribution in [-0.4, -0.2) is 31.8 Å². The third kappa shape index (κ3) is 5.96. The van der Waals surface area contributed by atoms with E-state index in [0.29, 0.717) is 24.7 Å². The van der Waals surface area contributed by atoms with Crippen LogP contribution < -0.4 is 5.32 Å². The Kier molecular flexibility index (Phi) is 8.76. The standard InChI is InChI=1S/C31H31NO3.ClH/c1-2-34-31(33)28-12-6-10-26(19-28)25-9-5-11-27(18-25)29-15-16-32-20-30(29)35-21-22-13-14-23-7-3-4-8-24(23)17-22;/h3-14,17-19,29-30,32H,2,15-16,20-21H2,1H3;1H. The van der Waals surface area contributed by atoms with Crippen LogP contribution in [0.1, 0.15) is 40.7 Å². The largest absolute Gasteiger partial charge is 0.462 e. The average molecular weight is 502 g/mol. The first kappa shape index (κ1) is 25.9. The lowest BCUT2D eigenvalue weighted by atomic mass is 9.86. The summed E-state index contributed by atoms with van der Waals surface area (Å²) in [5.41, 5.74) is 5.15. The second-order valence-electron chi connectivity index (χ2n) is 9.06. The molecule has 4 nitrogen and oxygen atoms in total. The van der Waals surface area contributed by atoms with E-state index in [9.17, 15) is 4.79 Å². The molecule has 5 heteroatoms. The zero-order valence-corrected chi connectivity index (χ0v) is 21.3. The van der Waals surface area contributed by atoms with Crippen LogP contribution in [0.25, 0.3) is 21.9 Å². The molecular formula is C31H32ClNO3. The van der Waals surface area contributed by atoms with Gasteiger partial charge in [0, 0.05) is 12.5 Å². The third-order valence-electron chi connectivity index (χ3n) is 6.73. The van der Waals surface area contributed by atoms with Gasteiger partial charge >= 0.3 is 5.97 Å². The van der Waals surface area contributed by atoms with Gasteiger partial charge in [0.1, 0.15) is 0 Å². The van der Waals surface area contributed by atoms with Crippen LogP contribution >= 0.6 is 12.4 Å². The molecule has 0 aromatic heterocycles. The minimum absolute atomic E-state index is 0. The number of nitrogens with one attached hydrogen (secondary N) is 1. The molecule has 1 heterocycles. The number of rotatable bonds is 7. The molecule has 186 valence electrons. The predicted molar refractivity (Wildman–Crippen MR) is 148 cm³/mol. The van der Waals surface area contributed by atoms with Gasteiger partial charge in [-0.3, -0.25) is 0 Å². The summed E-state index contributed by atoms with van der Waals surface area (Å²) in [5, 5.41) is 5.99. The van der Waals surface area contributed by atoms with Crippen molar-refractivity contribution in [1.29, 1.82) is 0 Å². The van der Waals surface area contributed by atoms with Gasteiger partial charge < -0.3 is 14.8 Å². The molecule has 1 aliphatic heterocycles. The lowest BCUT2D eigenvalue weighted by Gasteiger charge is -2.33. The summed E-state index contributed by atoms with van der Waals surface area (Å²) in [6, 6.07) is 31.3. The maximum Gasteiger partial charge on any atom is 0.338 e. The maximum atomic E-state index is 12.2. The van der Waals surface area contributed by atoms with Crippen molar-refractivity contribution in [3.05, 3.63) is 108 Å². The molecule has 2 atom stereocenters. The van der Waals surface area contributed by atoms with Gasteiger partial charge in [0.2, 0.25) is 0 Å². The Hall–Kier alpha value is -3.18. The maximum absolute atomic E-state index is 12.2. The number of hydrogen-bond donors (Lipinski definition) is 1. The van der Waals surface area contributed by atoms with E-state index in [1.54, 1.807) is 6.07 Å². The molecule has 0 radical (unpaired) electrons. The topological polar surface area (TPSA) is 47.6 Å². The molecule has 1 saturated heterocycles. The Morgan fingerprint density at radius 1 is 0.889 bits per heavy atom. The Labute approximate surface area is 219 Å².